The Morgan fingerprint density at radius 1 is 0.431 bits per heavy atom. The largest absolute Gasteiger partial charge is 0.508 e. The van der Waals surface area contributed by atoms with Gasteiger partial charge in [-0.15, -0.1) is 0 Å². The zero-order valence-electron chi connectivity index (χ0n) is 38.6. The van der Waals surface area contributed by atoms with Crippen LogP contribution < -0.4 is 9.47 Å². The van der Waals surface area contributed by atoms with Gasteiger partial charge in [0.15, 0.2) is 11.5 Å². The van der Waals surface area contributed by atoms with E-state index in [1.165, 1.54) is 5.56 Å². The van der Waals surface area contributed by atoms with Crippen molar-refractivity contribution in [2.24, 2.45) is 0 Å². The molecular weight excluding hydrogens is 1780 g/mol. The Labute approximate surface area is 514 Å². The van der Waals surface area contributed by atoms with Crippen molar-refractivity contribution in [1.29, 1.82) is 0 Å². The SMILES string of the molecule is CC(C)c1cc(Oc2c(I)cc(CCP(=O)(O)O)cc2I)ccc1O.CC(C)c1cc(Oc2c(I)cc(CP(=O)(O)O)cc2I)ccc1O.O=P(O)(O)CCc1cc(I)c(Cc2ccc(O)c(I)c2)c(I)c1. The molecule has 0 aliphatic heterocycles. The summed E-state index contributed by atoms with van der Waals surface area (Å²) in [6.07, 6.45) is 0.840. The second-order valence-electron chi connectivity index (χ2n) is 16.8. The summed E-state index contributed by atoms with van der Waals surface area (Å²) in [5.41, 5.74) is 6.29. The molecule has 0 saturated carbocycles. The molecular formula is C48H50I7O14P3. The van der Waals surface area contributed by atoms with Crippen molar-refractivity contribution in [2.45, 2.75) is 65.0 Å². The lowest BCUT2D eigenvalue weighted by Gasteiger charge is -2.15. The molecule has 0 aliphatic carbocycles. The summed E-state index contributed by atoms with van der Waals surface area (Å²) in [6.45, 7) is 7.98. The van der Waals surface area contributed by atoms with Gasteiger partial charge in [0.2, 0.25) is 0 Å². The van der Waals surface area contributed by atoms with Crippen LogP contribution in [0.4, 0.5) is 0 Å². The quantitative estimate of drug-likeness (QED) is 0.0323. The van der Waals surface area contributed by atoms with Crippen LogP contribution in [0.5, 0.6) is 40.2 Å². The van der Waals surface area contributed by atoms with Crippen molar-refractivity contribution in [2.75, 3.05) is 12.3 Å². The topological polar surface area (TPSA) is 252 Å². The molecule has 6 aromatic carbocycles. The Morgan fingerprint density at radius 3 is 1.12 bits per heavy atom. The standard InChI is InChI=1S/C17H19I2O5P.C16H17I2O5P.C15H14I3O4P/c1-10(2)13-9-12(3-4-16(13)20)24-17-14(18)7-11(8-15(17)19)5-6-25(21,22)23;1-9(2)12-7-11(3-4-15(12)19)23-16-13(17)5-10(6-14(16)18)8-24(20,21)22;16-12-6-10(3-4-23(20,21)22)7-13(17)11(12)5-9-1-2-15(19)14(18)8-9/h3-4,7-10,20H,5-6H2,1-2H3,(H2,21,22,23);3-7,9,19H,8H2,1-2H3,(H2,20,21,22);1-2,6-8,19H,3-5H2,(H2,20,21,22). The van der Waals surface area contributed by atoms with Gasteiger partial charge in [-0.1, -0.05) is 33.8 Å². The fourth-order valence-electron chi connectivity index (χ4n) is 6.63. The highest BCUT2D eigenvalue weighted by atomic mass is 127. The molecule has 0 saturated heterocycles. The Morgan fingerprint density at radius 2 is 0.778 bits per heavy atom. The lowest BCUT2D eigenvalue weighted by Crippen LogP contribution is -2.00. The van der Waals surface area contributed by atoms with Gasteiger partial charge in [0.25, 0.3) is 0 Å². The predicted octanol–water partition coefficient (Wildman–Crippen LogP) is 14.9. The van der Waals surface area contributed by atoms with E-state index in [9.17, 15) is 29.0 Å². The third-order valence-corrected chi connectivity index (χ3v) is 18.5. The molecule has 0 unspecified atom stereocenters. The molecule has 0 spiro atoms. The van der Waals surface area contributed by atoms with Crippen LogP contribution in [0.1, 0.15) is 78.5 Å². The number of aromatic hydroxyl groups is 3. The average molecular weight is 1830 g/mol. The molecule has 0 atom stereocenters. The average Bonchev–Trinajstić information content (AvgIpc) is 3.25. The number of ether oxygens (including phenoxy) is 2. The van der Waals surface area contributed by atoms with Gasteiger partial charge < -0.3 is 54.2 Å². The summed E-state index contributed by atoms with van der Waals surface area (Å²) < 4.78 is 51.4. The predicted molar refractivity (Wildman–Crippen MR) is 341 cm³/mol. The van der Waals surface area contributed by atoms with Crippen LogP contribution in [0.2, 0.25) is 0 Å². The van der Waals surface area contributed by atoms with E-state index in [1.807, 2.05) is 70.2 Å². The minimum atomic E-state index is -4.11. The zero-order valence-corrected chi connectivity index (χ0v) is 56.4. The number of phenolic OH excluding ortho intramolecular Hbond substituents is 3. The number of rotatable bonds is 16. The second-order valence-corrected chi connectivity index (χ2v) is 30.2. The van der Waals surface area contributed by atoms with Crippen LogP contribution in [0, 0.1) is 25.0 Å². The molecule has 24 heteroatoms. The number of hydrogen-bond acceptors (Lipinski definition) is 8. The molecule has 0 bridgehead atoms. The summed E-state index contributed by atoms with van der Waals surface area (Å²) in [4.78, 5) is 54.3. The third kappa shape index (κ3) is 21.6. The first-order chi connectivity index (χ1) is 33.3. The van der Waals surface area contributed by atoms with Gasteiger partial charge in [-0.05, 0) is 302 Å². The number of halogens is 7. The molecule has 6 rings (SSSR count). The van der Waals surface area contributed by atoms with E-state index in [-0.39, 0.29) is 47.6 Å². The van der Waals surface area contributed by atoms with Gasteiger partial charge in [0.05, 0.1) is 36.3 Å². The van der Waals surface area contributed by atoms with Crippen molar-refractivity contribution in [3.63, 3.8) is 0 Å². The van der Waals surface area contributed by atoms with E-state index in [1.54, 1.807) is 48.5 Å². The van der Waals surface area contributed by atoms with Crippen molar-refractivity contribution in [3.05, 3.63) is 155 Å². The molecule has 9 N–H and O–H groups in total. The molecule has 0 aliphatic rings. The fraction of sp³-hybridized carbons (Fsp3) is 0.250. The number of aryl methyl sites for hydroxylation is 2. The first-order valence-electron chi connectivity index (χ1n) is 21.3. The van der Waals surface area contributed by atoms with Gasteiger partial charge in [0.1, 0.15) is 28.7 Å². The summed E-state index contributed by atoms with van der Waals surface area (Å²) in [5, 5.41) is 29.4. The van der Waals surface area contributed by atoms with Crippen LogP contribution in [0.3, 0.4) is 0 Å². The van der Waals surface area contributed by atoms with E-state index in [0.29, 0.717) is 41.4 Å². The monoisotopic (exact) mass is 1830 g/mol. The minimum Gasteiger partial charge on any atom is -0.508 e. The summed E-state index contributed by atoms with van der Waals surface area (Å²) >= 11 is 15.1. The smallest absolute Gasteiger partial charge is 0.329 e. The van der Waals surface area contributed by atoms with Gasteiger partial charge in [0, 0.05) is 18.3 Å². The highest BCUT2D eigenvalue weighted by molar-refractivity contribution is 14.1. The van der Waals surface area contributed by atoms with E-state index >= 15 is 0 Å². The molecule has 0 radical (unpaired) electrons. The third-order valence-electron chi connectivity index (χ3n) is 10.2. The van der Waals surface area contributed by atoms with Gasteiger partial charge >= 0.3 is 22.8 Å². The molecule has 0 aromatic heterocycles. The van der Waals surface area contributed by atoms with E-state index < -0.39 is 22.8 Å². The van der Waals surface area contributed by atoms with Crippen molar-refractivity contribution >= 4 is 181 Å². The maximum Gasteiger partial charge on any atom is 0.329 e. The van der Waals surface area contributed by atoms with Crippen LogP contribution in [-0.4, -0.2) is 57.0 Å². The maximum absolute atomic E-state index is 11.2. The summed E-state index contributed by atoms with van der Waals surface area (Å²) in [6, 6.07) is 27.0. The number of hydrogen-bond donors (Lipinski definition) is 9. The first kappa shape index (κ1) is 64.4. The number of phenols is 3. The zero-order chi connectivity index (χ0) is 54.0. The van der Waals surface area contributed by atoms with E-state index in [2.05, 4.69) is 158 Å². The molecule has 390 valence electrons. The Kier molecular flexibility index (Phi) is 25.6. The van der Waals surface area contributed by atoms with Crippen molar-refractivity contribution in [3.8, 4) is 40.2 Å². The Bertz CT molecular complexity index is 2960. The van der Waals surface area contributed by atoms with Crippen molar-refractivity contribution < 1.29 is 67.8 Å². The summed E-state index contributed by atoms with van der Waals surface area (Å²) in [7, 11) is -12.1. The van der Waals surface area contributed by atoms with Crippen molar-refractivity contribution in [1.82, 2.24) is 0 Å². The first-order valence-corrected chi connectivity index (χ1v) is 34.3. The molecule has 0 amide bonds. The Hall–Kier alpha value is -0.120. The van der Waals surface area contributed by atoms with Gasteiger partial charge in [-0.2, -0.15) is 0 Å². The number of benzene rings is 6. The Balaban J connectivity index is 0.000000235. The maximum atomic E-state index is 11.2. The molecule has 0 fully saturated rings. The van der Waals surface area contributed by atoms with Crippen LogP contribution in [0.25, 0.3) is 0 Å². The lowest BCUT2D eigenvalue weighted by atomic mass is 10.0. The van der Waals surface area contributed by atoms with Gasteiger partial charge in [-0.25, -0.2) is 0 Å². The fourth-order valence-corrected chi connectivity index (χ4v) is 15.5. The second kappa shape index (κ2) is 28.7. The van der Waals surface area contributed by atoms with Crippen LogP contribution in [-0.2, 0) is 39.1 Å². The van der Waals surface area contributed by atoms with E-state index in [0.717, 1.165) is 59.2 Å². The molecule has 0 heterocycles. The van der Waals surface area contributed by atoms with Gasteiger partial charge in [-0.3, -0.25) is 13.7 Å². The highest BCUT2D eigenvalue weighted by Gasteiger charge is 2.20. The minimum absolute atomic E-state index is 0.130. The lowest BCUT2D eigenvalue weighted by molar-refractivity contribution is 0.370. The molecule has 14 nitrogen and oxygen atoms in total. The normalized spacial score (nSPS) is 11.8. The van der Waals surface area contributed by atoms with Crippen LogP contribution in [0.15, 0.2) is 91.0 Å². The highest BCUT2D eigenvalue weighted by Crippen LogP contribution is 2.43. The van der Waals surface area contributed by atoms with E-state index in [4.69, 9.17) is 38.8 Å². The van der Waals surface area contributed by atoms with Crippen LogP contribution >= 0.6 is 181 Å². The molecule has 72 heavy (non-hydrogen) atoms. The summed E-state index contributed by atoms with van der Waals surface area (Å²) in [5.74, 6) is 3.68. The molecule has 6 aromatic rings.